The van der Waals surface area contributed by atoms with Crippen LogP contribution in [-0.4, -0.2) is 25.3 Å². The second-order valence-corrected chi connectivity index (χ2v) is 3.80. The lowest BCUT2D eigenvalue weighted by atomic mass is 10.1. The summed E-state index contributed by atoms with van der Waals surface area (Å²) in [5, 5.41) is 27.6. The number of aryl methyl sites for hydroxylation is 1. The van der Waals surface area contributed by atoms with E-state index in [9.17, 15) is 10.2 Å². The molecular weight excluding hydrogens is 220 g/mol. The van der Waals surface area contributed by atoms with Crippen molar-refractivity contribution in [2.24, 2.45) is 0 Å². The molecule has 5 heteroatoms. The molecule has 0 amide bonds. The van der Waals surface area contributed by atoms with E-state index in [0.29, 0.717) is 6.42 Å². The summed E-state index contributed by atoms with van der Waals surface area (Å²) in [5.41, 5.74) is 2.07. The number of aromatic nitrogens is 2. The Morgan fingerprint density at radius 1 is 1.06 bits per heavy atom. The zero-order valence-electron chi connectivity index (χ0n) is 9.25. The molecular formula is C12H12N2O3. The van der Waals surface area contributed by atoms with Crippen LogP contribution in [0.1, 0.15) is 17.0 Å². The number of hydrogen-bond donors (Lipinski definition) is 3. The van der Waals surface area contributed by atoms with E-state index in [1.165, 1.54) is 0 Å². The minimum atomic E-state index is -0.696. The fraction of sp³-hybridized carbons (Fsp3) is 0.167. The van der Waals surface area contributed by atoms with Gasteiger partial charge in [-0.25, -0.2) is 0 Å². The van der Waals surface area contributed by atoms with E-state index in [1.807, 2.05) is 31.2 Å². The van der Waals surface area contributed by atoms with Crippen LogP contribution in [0.4, 0.5) is 0 Å². The van der Waals surface area contributed by atoms with Crippen molar-refractivity contribution in [2.45, 2.75) is 13.3 Å². The largest absolute Gasteiger partial charge is 0.499 e. The van der Waals surface area contributed by atoms with Gasteiger partial charge in [0.25, 0.3) is 11.8 Å². The summed E-state index contributed by atoms with van der Waals surface area (Å²) in [4.78, 5) is 7.39. The highest BCUT2D eigenvalue weighted by molar-refractivity contribution is 5.40. The van der Waals surface area contributed by atoms with Crippen LogP contribution in [0, 0.1) is 6.92 Å². The maximum atomic E-state index is 9.25. The molecule has 0 aliphatic carbocycles. The molecule has 0 atom stereocenters. The van der Waals surface area contributed by atoms with E-state index in [2.05, 4.69) is 9.97 Å². The van der Waals surface area contributed by atoms with Crippen LogP contribution in [0.3, 0.4) is 0 Å². The van der Waals surface area contributed by atoms with Gasteiger partial charge in [-0.3, -0.25) is 0 Å². The van der Waals surface area contributed by atoms with E-state index < -0.39 is 17.5 Å². The van der Waals surface area contributed by atoms with E-state index in [1.54, 1.807) is 0 Å². The monoisotopic (exact) mass is 232 g/mol. The molecule has 2 rings (SSSR count). The second kappa shape index (κ2) is 4.29. The number of hydrogen-bond acceptors (Lipinski definition) is 5. The Hall–Kier alpha value is -2.30. The van der Waals surface area contributed by atoms with Gasteiger partial charge in [0, 0.05) is 6.42 Å². The molecule has 0 spiro atoms. The Labute approximate surface area is 98.0 Å². The molecule has 0 bridgehead atoms. The maximum Gasteiger partial charge on any atom is 0.261 e. The van der Waals surface area contributed by atoms with Gasteiger partial charge in [-0.05, 0) is 12.5 Å². The smallest absolute Gasteiger partial charge is 0.261 e. The normalized spacial score (nSPS) is 10.4. The molecule has 17 heavy (non-hydrogen) atoms. The summed E-state index contributed by atoms with van der Waals surface area (Å²) in [5.74, 6) is -1.67. The molecule has 0 saturated carbocycles. The van der Waals surface area contributed by atoms with Crippen molar-refractivity contribution in [3.05, 3.63) is 41.2 Å². The van der Waals surface area contributed by atoms with Crippen molar-refractivity contribution >= 4 is 0 Å². The topological polar surface area (TPSA) is 86.5 Å². The summed E-state index contributed by atoms with van der Waals surface area (Å²) in [6.45, 7) is 1.97. The van der Waals surface area contributed by atoms with Crippen LogP contribution in [-0.2, 0) is 6.42 Å². The van der Waals surface area contributed by atoms with E-state index in [4.69, 9.17) is 5.11 Å². The summed E-state index contributed by atoms with van der Waals surface area (Å²) in [7, 11) is 0. The molecule has 1 aromatic heterocycles. The Morgan fingerprint density at radius 2 is 1.71 bits per heavy atom. The van der Waals surface area contributed by atoms with Crippen LogP contribution < -0.4 is 0 Å². The number of benzene rings is 1. The molecule has 1 heterocycles. The highest BCUT2D eigenvalue weighted by Gasteiger charge is 2.11. The van der Waals surface area contributed by atoms with Gasteiger partial charge in [-0.15, -0.1) is 0 Å². The van der Waals surface area contributed by atoms with Crippen LogP contribution in [0.25, 0.3) is 0 Å². The molecule has 0 unspecified atom stereocenters. The molecule has 1 aromatic carbocycles. The van der Waals surface area contributed by atoms with Gasteiger partial charge in [0.1, 0.15) is 5.82 Å². The van der Waals surface area contributed by atoms with E-state index >= 15 is 0 Å². The van der Waals surface area contributed by atoms with Crippen LogP contribution in [0.5, 0.6) is 17.5 Å². The predicted molar refractivity (Wildman–Crippen MR) is 61.0 cm³/mol. The second-order valence-electron chi connectivity index (χ2n) is 3.80. The molecule has 3 N–H and O–H groups in total. The van der Waals surface area contributed by atoms with Gasteiger partial charge in [0.15, 0.2) is 0 Å². The summed E-state index contributed by atoms with van der Waals surface area (Å²) < 4.78 is 0. The first-order valence-electron chi connectivity index (χ1n) is 5.09. The standard InChI is InChI=1S/C12H12N2O3/c1-7-3-2-4-8(5-7)6-9-13-11(16)10(15)12(17)14-9/h2-5,15H,6H2,1H3,(H2,13,14,16,17). The van der Waals surface area contributed by atoms with Gasteiger partial charge in [0.05, 0.1) is 0 Å². The quantitative estimate of drug-likeness (QED) is 0.730. The maximum absolute atomic E-state index is 9.25. The lowest BCUT2D eigenvalue weighted by Gasteiger charge is -2.04. The molecule has 0 saturated heterocycles. The van der Waals surface area contributed by atoms with Crippen molar-refractivity contribution < 1.29 is 15.3 Å². The molecule has 88 valence electrons. The molecule has 5 nitrogen and oxygen atoms in total. The zero-order valence-corrected chi connectivity index (χ0v) is 9.25. The third-order valence-electron chi connectivity index (χ3n) is 2.34. The van der Waals surface area contributed by atoms with Crippen molar-refractivity contribution in [1.82, 2.24) is 9.97 Å². The minimum Gasteiger partial charge on any atom is -0.499 e. The van der Waals surface area contributed by atoms with Gasteiger partial charge in [-0.1, -0.05) is 29.8 Å². The molecule has 0 fully saturated rings. The first kappa shape index (κ1) is 11.2. The third kappa shape index (κ3) is 2.44. The molecule has 2 aromatic rings. The lowest BCUT2D eigenvalue weighted by molar-refractivity contribution is 0.344. The summed E-state index contributed by atoms with van der Waals surface area (Å²) in [6, 6.07) is 7.74. The highest BCUT2D eigenvalue weighted by Crippen LogP contribution is 2.30. The van der Waals surface area contributed by atoms with Gasteiger partial charge >= 0.3 is 0 Å². The van der Waals surface area contributed by atoms with Crippen LogP contribution >= 0.6 is 0 Å². The van der Waals surface area contributed by atoms with Gasteiger partial charge < -0.3 is 15.3 Å². The van der Waals surface area contributed by atoms with Gasteiger partial charge in [-0.2, -0.15) is 9.97 Å². The van der Waals surface area contributed by atoms with Crippen molar-refractivity contribution in [3.63, 3.8) is 0 Å². The third-order valence-corrected chi connectivity index (χ3v) is 2.34. The molecule has 0 aliphatic heterocycles. The fourth-order valence-corrected chi connectivity index (χ4v) is 1.56. The van der Waals surface area contributed by atoms with E-state index in [0.717, 1.165) is 11.1 Å². The predicted octanol–water partition coefficient (Wildman–Crippen LogP) is 1.49. The first-order valence-corrected chi connectivity index (χ1v) is 5.09. The summed E-state index contributed by atoms with van der Waals surface area (Å²) >= 11 is 0. The van der Waals surface area contributed by atoms with Crippen LogP contribution in [0.2, 0.25) is 0 Å². The molecule has 0 radical (unpaired) electrons. The summed E-state index contributed by atoms with van der Waals surface area (Å²) in [6.07, 6.45) is 0.378. The first-order chi connectivity index (χ1) is 8.06. The number of aromatic hydroxyl groups is 3. The average Bonchev–Trinajstić information content (AvgIpc) is 2.26. The lowest BCUT2D eigenvalue weighted by Crippen LogP contribution is -1.97. The highest BCUT2D eigenvalue weighted by atomic mass is 16.3. The van der Waals surface area contributed by atoms with Gasteiger partial charge in [0.2, 0.25) is 5.75 Å². The van der Waals surface area contributed by atoms with Crippen molar-refractivity contribution in [3.8, 4) is 17.5 Å². The Balaban J connectivity index is 2.31. The average molecular weight is 232 g/mol. The Bertz CT molecular complexity index is 532. The zero-order chi connectivity index (χ0) is 12.4. The van der Waals surface area contributed by atoms with Crippen molar-refractivity contribution in [2.75, 3.05) is 0 Å². The SMILES string of the molecule is Cc1cccc(Cc2nc(O)c(O)c(O)n2)c1. The number of nitrogens with zero attached hydrogens (tertiary/aromatic N) is 2. The van der Waals surface area contributed by atoms with E-state index in [-0.39, 0.29) is 5.82 Å². The number of rotatable bonds is 2. The Kier molecular flexibility index (Phi) is 2.82. The fourth-order valence-electron chi connectivity index (χ4n) is 1.56. The van der Waals surface area contributed by atoms with Crippen molar-refractivity contribution in [1.29, 1.82) is 0 Å². The molecule has 0 aliphatic rings. The Morgan fingerprint density at radius 3 is 2.29 bits per heavy atom. The minimum absolute atomic E-state index is 0.253. The van der Waals surface area contributed by atoms with Crippen LogP contribution in [0.15, 0.2) is 24.3 Å².